The van der Waals surface area contributed by atoms with E-state index in [2.05, 4.69) is 16.4 Å². The molecule has 3 N–H and O–H groups in total. The van der Waals surface area contributed by atoms with E-state index in [1.807, 2.05) is 42.5 Å². The van der Waals surface area contributed by atoms with E-state index in [4.69, 9.17) is 17.3 Å². The van der Waals surface area contributed by atoms with Gasteiger partial charge in [0.05, 0.1) is 22.6 Å². The zero-order chi connectivity index (χ0) is 16.0. The molecule has 3 aromatic rings. The SMILES string of the molecule is N#CC1=C(N)n2c(nc3ccccc32)N[C@@H]1c1cccc(Cl)c1. The summed E-state index contributed by atoms with van der Waals surface area (Å²) < 4.78 is 1.77. The molecule has 2 heterocycles. The van der Waals surface area contributed by atoms with E-state index < -0.39 is 0 Å². The molecule has 0 saturated carbocycles. The quantitative estimate of drug-likeness (QED) is 0.718. The molecule has 0 fully saturated rings. The maximum absolute atomic E-state index is 9.60. The molecule has 5 nitrogen and oxygen atoms in total. The number of aromatic nitrogens is 2. The van der Waals surface area contributed by atoms with Crippen LogP contribution in [0.15, 0.2) is 54.1 Å². The molecule has 112 valence electrons. The largest absolute Gasteiger partial charge is 0.384 e. The van der Waals surface area contributed by atoms with Gasteiger partial charge in [-0.1, -0.05) is 35.9 Å². The van der Waals surface area contributed by atoms with Crippen molar-refractivity contribution >= 4 is 34.4 Å². The van der Waals surface area contributed by atoms with E-state index in [1.165, 1.54) is 0 Å². The van der Waals surface area contributed by atoms with Crippen LogP contribution in [0.25, 0.3) is 16.9 Å². The van der Waals surface area contributed by atoms with Gasteiger partial charge in [0.1, 0.15) is 11.9 Å². The molecule has 2 aromatic carbocycles. The highest BCUT2D eigenvalue weighted by Crippen LogP contribution is 2.36. The van der Waals surface area contributed by atoms with Crippen molar-refractivity contribution in [1.82, 2.24) is 9.55 Å². The molecule has 23 heavy (non-hydrogen) atoms. The number of benzene rings is 2. The maximum atomic E-state index is 9.60. The van der Waals surface area contributed by atoms with Gasteiger partial charge in [-0.25, -0.2) is 4.98 Å². The molecule has 0 bridgehead atoms. The summed E-state index contributed by atoms with van der Waals surface area (Å²) in [7, 11) is 0. The Morgan fingerprint density at radius 2 is 2.04 bits per heavy atom. The molecule has 0 amide bonds. The van der Waals surface area contributed by atoms with Crippen LogP contribution in [0, 0.1) is 11.3 Å². The standard InChI is InChI=1S/C17H12ClN5/c18-11-5-3-4-10(8-11)15-12(9-19)16(20)23-14-7-2-1-6-13(14)21-17(23)22-15/h1-8,15H,20H2,(H,21,22)/t15-/m1/s1. The zero-order valence-corrected chi connectivity index (χ0v) is 12.7. The molecular formula is C17H12ClN5. The highest BCUT2D eigenvalue weighted by molar-refractivity contribution is 6.30. The van der Waals surface area contributed by atoms with Crippen LogP contribution in [0.4, 0.5) is 5.95 Å². The second kappa shape index (κ2) is 5.04. The van der Waals surface area contributed by atoms with Crippen LogP contribution in [0.1, 0.15) is 11.6 Å². The van der Waals surface area contributed by atoms with Crippen LogP contribution < -0.4 is 11.1 Å². The predicted molar refractivity (Wildman–Crippen MR) is 90.6 cm³/mol. The van der Waals surface area contributed by atoms with Crippen molar-refractivity contribution in [2.75, 3.05) is 5.32 Å². The number of imidazole rings is 1. The van der Waals surface area contributed by atoms with Gasteiger partial charge in [0.15, 0.2) is 0 Å². The van der Waals surface area contributed by atoms with E-state index >= 15 is 0 Å². The van der Waals surface area contributed by atoms with Gasteiger partial charge in [0, 0.05) is 5.02 Å². The highest BCUT2D eigenvalue weighted by atomic mass is 35.5. The number of nitrogens with two attached hydrogens (primary N) is 1. The van der Waals surface area contributed by atoms with Gasteiger partial charge in [0.2, 0.25) is 5.95 Å². The first-order chi connectivity index (χ1) is 11.2. The van der Waals surface area contributed by atoms with Crippen LogP contribution in [0.2, 0.25) is 5.02 Å². The lowest BCUT2D eigenvalue weighted by Crippen LogP contribution is -2.26. The van der Waals surface area contributed by atoms with Crippen molar-refractivity contribution in [2.45, 2.75) is 6.04 Å². The normalized spacial score (nSPS) is 16.8. The van der Waals surface area contributed by atoms with E-state index in [-0.39, 0.29) is 6.04 Å². The Bertz CT molecular complexity index is 996. The Morgan fingerprint density at radius 3 is 2.83 bits per heavy atom. The summed E-state index contributed by atoms with van der Waals surface area (Å²) in [6, 6.07) is 16.9. The topological polar surface area (TPSA) is 79.7 Å². The van der Waals surface area contributed by atoms with Crippen molar-refractivity contribution < 1.29 is 0 Å². The monoisotopic (exact) mass is 321 g/mol. The number of anilines is 1. The van der Waals surface area contributed by atoms with E-state index in [1.54, 1.807) is 10.6 Å². The van der Waals surface area contributed by atoms with Gasteiger partial charge in [0.25, 0.3) is 0 Å². The van der Waals surface area contributed by atoms with E-state index in [0.29, 0.717) is 22.4 Å². The summed E-state index contributed by atoms with van der Waals surface area (Å²) in [5.41, 5.74) is 9.29. The Labute approximate surface area is 137 Å². The van der Waals surface area contributed by atoms with Crippen molar-refractivity contribution in [2.24, 2.45) is 5.73 Å². The number of nitrogens with one attached hydrogen (secondary N) is 1. The number of nitriles is 1. The molecular weight excluding hydrogens is 310 g/mol. The number of nitrogens with zero attached hydrogens (tertiary/aromatic N) is 3. The van der Waals surface area contributed by atoms with Crippen molar-refractivity contribution in [1.29, 1.82) is 5.26 Å². The third-order valence-corrected chi connectivity index (χ3v) is 4.18. The van der Waals surface area contributed by atoms with Crippen molar-refractivity contribution in [3.05, 3.63) is 64.7 Å². The molecule has 0 unspecified atom stereocenters. The number of para-hydroxylation sites is 2. The molecule has 4 rings (SSSR count). The highest BCUT2D eigenvalue weighted by Gasteiger charge is 2.29. The third kappa shape index (κ3) is 2.04. The average Bonchev–Trinajstić information content (AvgIpc) is 2.93. The summed E-state index contributed by atoms with van der Waals surface area (Å²) in [5, 5.41) is 13.5. The second-order valence-corrected chi connectivity index (χ2v) is 5.74. The van der Waals surface area contributed by atoms with Crippen molar-refractivity contribution in [3.8, 4) is 6.07 Å². The Hall–Kier alpha value is -2.97. The fraction of sp³-hybridized carbons (Fsp3) is 0.0588. The minimum absolute atomic E-state index is 0.372. The fourth-order valence-corrected chi connectivity index (χ4v) is 3.09. The molecule has 0 radical (unpaired) electrons. The lowest BCUT2D eigenvalue weighted by Gasteiger charge is -2.26. The maximum Gasteiger partial charge on any atom is 0.210 e. The van der Waals surface area contributed by atoms with Crippen LogP contribution in [-0.2, 0) is 0 Å². The lowest BCUT2D eigenvalue weighted by atomic mass is 9.98. The smallest absolute Gasteiger partial charge is 0.210 e. The minimum atomic E-state index is -0.372. The van der Waals surface area contributed by atoms with Gasteiger partial charge in [-0.05, 0) is 29.8 Å². The summed E-state index contributed by atoms with van der Waals surface area (Å²) in [5.74, 6) is 1.01. The Balaban J connectivity index is 1.94. The first-order valence-corrected chi connectivity index (χ1v) is 7.46. The van der Waals surface area contributed by atoms with E-state index in [9.17, 15) is 5.26 Å². The van der Waals surface area contributed by atoms with Gasteiger partial charge in [-0.2, -0.15) is 5.26 Å². The number of rotatable bonds is 1. The summed E-state index contributed by atoms with van der Waals surface area (Å²) in [6.45, 7) is 0. The molecule has 6 heteroatoms. The molecule has 0 aliphatic carbocycles. The Kier molecular flexibility index (Phi) is 3.00. The van der Waals surface area contributed by atoms with Gasteiger partial charge >= 0.3 is 0 Å². The average molecular weight is 322 g/mol. The fourth-order valence-electron chi connectivity index (χ4n) is 2.89. The summed E-state index contributed by atoms with van der Waals surface area (Å²) in [6.07, 6.45) is 0. The van der Waals surface area contributed by atoms with Crippen LogP contribution in [0.3, 0.4) is 0 Å². The van der Waals surface area contributed by atoms with Gasteiger partial charge in [-0.3, -0.25) is 4.57 Å². The molecule has 0 saturated heterocycles. The first-order valence-electron chi connectivity index (χ1n) is 7.08. The van der Waals surface area contributed by atoms with E-state index in [0.717, 1.165) is 16.6 Å². The second-order valence-electron chi connectivity index (χ2n) is 5.30. The van der Waals surface area contributed by atoms with Gasteiger partial charge < -0.3 is 11.1 Å². The predicted octanol–water partition coefficient (Wildman–Crippen LogP) is 3.51. The van der Waals surface area contributed by atoms with Crippen molar-refractivity contribution in [3.63, 3.8) is 0 Å². The number of hydrogen-bond acceptors (Lipinski definition) is 4. The molecule has 1 aliphatic rings. The molecule has 0 spiro atoms. The molecule has 1 aromatic heterocycles. The van der Waals surface area contributed by atoms with Gasteiger partial charge in [-0.15, -0.1) is 0 Å². The third-order valence-electron chi connectivity index (χ3n) is 3.94. The van der Waals surface area contributed by atoms with Crippen LogP contribution in [0.5, 0.6) is 0 Å². The zero-order valence-electron chi connectivity index (χ0n) is 12.0. The van der Waals surface area contributed by atoms with Crippen LogP contribution >= 0.6 is 11.6 Å². The van der Waals surface area contributed by atoms with Crippen LogP contribution in [-0.4, -0.2) is 9.55 Å². The summed E-state index contributed by atoms with van der Waals surface area (Å²) >= 11 is 6.08. The molecule has 1 atom stereocenters. The minimum Gasteiger partial charge on any atom is -0.384 e. The number of fused-ring (bicyclic) bond motifs is 3. The Morgan fingerprint density at radius 1 is 1.22 bits per heavy atom. The summed E-state index contributed by atoms with van der Waals surface area (Å²) in [4.78, 5) is 4.57. The first kappa shape index (κ1) is 13.7. The lowest BCUT2D eigenvalue weighted by molar-refractivity contribution is 0.857. The molecule has 1 aliphatic heterocycles. The number of hydrogen-bond donors (Lipinski definition) is 2. The number of halogens is 1.